The molecule has 0 N–H and O–H groups in total. The molecule has 5 nitrogen and oxygen atoms in total. The first-order valence-corrected chi connectivity index (χ1v) is 19.0. The van der Waals surface area contributed by atoms with Gasteiger partial charge in [0.25, 0.3) is 0 Å². The minimum atomic E-state index is -0.116. The van der Waals surface area contributed by atoms with E-state index in [2.05, 4.69) is 46.5 Å². The predicted molar refractivity (Wildman–Crippen MR) is 176 cm³/mol. The molecule has 0 amide bonds. The van der Waals surface area contributed by atoms with E-state index in [0.717, 1.165) is 63.7 Å². The second-order valence-corrected chi connectivity index (χ2v) is 16.2. The molecule has 6 aliphatic rings. The van der Waals surface area contributed by atoms with Crippen LogP contribution in [0.15, 0.2) is 28.5 Å². The summed E-state index contributed by atoms with van der Waals surface area (Å²) in [6.45, 7) is 15.6. The Kier molecular flexibility index (Phi) is 9.45. The van der Waals surface area contributed by atoms with Crippen LogP contribution in [0.4, 0.5) is 0 Å². The van der Waals surface area contributed by atoms with E-state index in [1.807, 2.05) is 11.3 Å². The maximum atomic E-state index is 7.20. The van der Waals surface area contributed by atoms with Crippen molar-refractivity contribution in [1.82, 2.24) is 9.80 Å². The Labute approximate surface area is 265 Å². The second-order valence-electron chi connectivity index (χ2n) is 15.4. The number of thiophene rings is 1. The molecule has 3 heterocycles. The van der Waals surface area contributed by atoms with Gasteiger partial charge in [-0.15, -0.1) is 0 Å². The van der Waals surface area contributed by atoms with Crippen molar-refractivity contribution in [3.8, 4) is 0 Å². The molecule has 0 unspecified atom stereocenters. The number of ether oxygens (including phenoxy) is 3. The Hall–Kier alpha value is -0.760. The van der Waals surface area contributed by atoms with E-state index in [9.17, 15) is 0 Å². The highest BCUT2D eigenvalue weighted by atomic mass is 32.1. The number of hydrogen-bond acceptors (Lipinski definition) is 6. The Bertz CT molecular complexity index is 1080. The lowest BCUT2D eigenvalue weighted by Gasteiger charge is -2.59. The zero-order valence-electron chi connectivity index (χ0n) is 27.2. The Balaban J connectivity index is 0.977. The molecule has 0 bridgehead atoms. The van der Waals surface area contributed by atoms with Crippen LogP contribution in [0.25, 0.3) is 0 Å². The van der Waals surface area contributed by atoms with Crippen molar-refractivity contribution in [1.29, 1.82) is 0 Å². The van der Waals surface area contributed by atoms with Crippen molar-refractivity contribution in [2.45, 2.75) is 103 Å². The average molecular weight is 611 g/mol. The molecule has 7 atom stereocenters. The van der Waals surface area contributed by atoms with Crippen molar-refractivity contribution in [2.24, 2.45) is 28.6 Å². The van der Waals surface area contributed by atoms with Crippen LogP contribution in [-0.2, 0) is 19.8 Å². The summed E-state index contributed by atoms with van der Waals surface area (Å²) in [6, 6.07) is 2.39. The van der Waals surface area contributed by atoms with Gasteiger partial charge >= 0.3 is 0 Å². The molecule has 0 aromatic carbocycles. The van der Waals surface area contributed by atoms with Gasteiger partial charge in [0.05, 0.1) is 38.1 Å². The van der Waals surface area contributed by atoms with Crippen LogP contribution in [0.2, 0.25) is 0 Å². The third kappa shape index (κ3) is 5.84. The minimum Gasteiger partial charge on any atom is -0.378 e. The molecule has 0 spiro atoms. The quantitative estimate of drug-likeness (QED) is 0.181. The van der Waals surface area contributed by atoms with E-state index in [0.29, 0.717) is 11.5 Å². The summed E-state index contributed by atoms with van der Waals surface area (Å²) in [5, 5.41) is 4.69. The van der Waals surface area contributed by atoms with Crippen LogP contribution in [0.5, 0.6) is 0 Å². The van der Waals surface area contributed by atoms with Crippen LogP contribution < -0.4 is 0 Å². The topological polar surface area (TPSA) is 34.2 Å². The molecular formula is C37H58N2O3S. The standard InChI is InChI=1S/C37H58N2O3S/c1-35-13-9-31(41-25-24-40-22-20-38-16-3-4-17-38)27-29(35)7-8-32-33(35)10-14-36(2)34(32)11-15-37(36,30-12-26-43-28-30)42-23-21-39-18-5-6-19-39/h7,12,26,28,31-34H,3-6,8-11,13-25,27H2,1-2H3/t31-,32+,33-,34-,35-,36-,37+/m0/s1. The molecule has 240 valence electrons. The first kappa shape index (κ1) is 30.9. The zero-order valence-corrected chi connectivity index (χ0v) is 28.0. The van der Waals surface area contributed by atoms with Crippen LogP contribution in [0.3, 0.4) is 0 Å². The fourth-order valence-corrected chi connectivity index (χ4v) is 11.7. The van der Waals surface area contributed by atoms with E-state index in [1.165, 1.54) is 102 Å². The summed E-state index contributed by atoms with van der Waals surface area (Å²) in [4.78, 5) is 5.14. The third-order valence-corrected chi connectivity index (χ3v) is 14.1. The maximum absolute atomic E-state index is 7.20. The number of rotatable bonds is 12. The van der Waals surface area contributed by atoms with Gasteiger partial charge in [0.2, 0.25) is 0 Å². The van der Waals surface area contributed by atoms with Crippen LogP contribution in [0, 0.1) is 28.6 Å². The number of nitrogens with zero attached hydrogens (tertiary/aromatic N) is 2. The first-order chi connectivity index (χ1) is 21.0. The number of allylic oxidation sites excluding steroid dienone is 1. The van der Waals surface area contributed by atoms with Crippen LogP contribution >= 0.6 is 11.3 Å². The van der Waals surface area contributed by atoms with E-state index in [-0.39, 0.29) is 11.0 Å². The number of likely N-dealkylation sites (tertiary alicyclic amines) is 2. The van der Waals surface area contributed by atoms with Crippen molar-refractivity contribution < 1.29 is 14.2 Å². The highest BCUT2D eigenvalue weighted by molar-refractivity contribution is 7.08. The molecule has 7 rings (SSSR count). The fourth-order valence-electron chi connectivity index (χ4n) is 11.0. The molecular weight excluding hydrogens is 552 g/mol. The van der Waals surface area contributed by atoms with E-state index in [4.69, 9.17) is 14.2 Å². The smallest absolute Gasteiger partial charge is 0.0996 e. The Morgan fingerprint density at radius 3 is 2.33 bits per heavy atom. The normalized spacial score (nSPS) is 39.9. The lowest BCUT2D eigenvalue weighted by atomic mass is 9.46. The molecule has 1 aromatic heterocycles. The van der Waals surface area contributed by atoms with Crippen molar-refractivity contribution in [3.63, 3.8) is 0 Å². The highest BCUT2D eigenvalue weighted by Gasteiger charge is 2.65. The second kappa shape index (κ2) is 13.2. The van der Waals surface area contributed by atoms with Gasteiger partial charge in [-0.3, -0.25) is 0 Å². The fraction of sp³-hybridized carbons (Fsp3) is 0.838. The van der Waals surface area contributed by atoms with Crippen molar-refractivity contribution >= 4 is 11.3 Å². The van der Waals surface area contributed by atoms with E-state index in [1.54, 1.807) is 5.57 Å². The molecule has 2 saturated heterocycles. The number of hydrogen-bond donors (Lipinski definition) is 0. The summed E-state index contributed by atoms with van der Waals surface area (Å²) >= 11 is 1.85. The van der Waals surface area contributed by atoms with Gasteiger partial charge < -0.3 is 24.0 Å². The minimum absolute atomic E-state index is 0.116. The Morgan fingerprint density at radius 2 is 1.58 bits per heavy atom. The zero-order chi connectivity index (χ0) is 29.3. The largest absolute Gasteiger partial charge is 0.378 e. The van der Waals surface area contributed by atoms with Gasteiger partial charge in [0, 0.05) is 18.5 Å². The molecule has 3 saturated carbocycles. The van der Waals surface area contributed by atoms with Gasteiger partial charge in [-0.25, -0.2) is 0 Å². The summed E-state index contributed by atoms with van der Waals surface area (Å²) in [5.74, 6) is 2.35. The van der Waals surface area contributed by atoms with Gasteiger partial charge in [-0.1, -0.05) is 25.5 Å². The molecule has 6 heteroatoms. The molecule has 4 aliphatic carbocycles. The van der Waals surface area contributed by atoms with Gasteiger partial charge in [-0.2, -0.15) is 11.3 Å². The third-order valence-electron chi connectivity index (χ3n) is 13.5. The van der Waals surface area contributed by atoms with Gasteiger partial charge in [0.1, 0.15) is 0 Å². The summed E-state index contributed by atoms with van der Waals surface area (Å²) < 4.78 is 19.6. The number of fused-ring (bicyclic) bond motifs is 5. The lowest BCUT2D eigenvalue weighted by molar-refractivity contribution is -0.165. The molecule has 43 heavy (non-hydrogen) atoms. The molecule has 5 fully saturated rings. The highest BCUT2D eigenvalue weighted by Crippen LogP contribution is 2.70. The SMILES string of the molecule is C[C@]12CC[C@H](OCCOCCN3CCCC3)CC1=CC[C@@H]1[C@@H]2CC[C@@]2(C)[C@H]1CC[C@@]2(OCCN1CCCC1)c1ccsc1. The first-order valence-electron chi connectivity index (χ1n) is 18.0. The van der Waals surface area contributed by atoms with Gasteiger partial charge in [-0.05, 0) is 149 Å². The van der Waals surface area contributed by atoms with Crippen molar-refractivity contribution in [3.05, 3.63) is 34.0 Å². The average Bonchev–Trinajstić information content (AvgIpc) is 3.83. The summed E-state index contributed by atoms with van der Waals surface area (Å²) in [7, 11) is 0. The van der Waals surface area contributed by atoms with Gasteiger partial charge in [0.15, 0.2) is 0 Å². The van der Waals surface area contributed by atoms with E-state index >= 15 is 0 Å². The maximum Gasteiger partial charge on any atom is 0.0996 e. The van der Waals surface area contributed by atoms with E-state index < -0.39 is 0 Å². The summed E-state index contributed by atoms with van der Waals surface area (Å²) in [5.41, 5.74) is 3.64. The lowest BCUT2D eigenvalue weighted by Crippen LogP contribution is -2.54. The Morgan fingerprint density at radius 1 is 0.837 bits per heavy atom. The predicted octanol–water partition coefficient (Wildman–Crippen LogP) is 7.52. The molecule has 1 aromatic rings. The van der Waals surface area contributed by atoms with Crippen LogP contribution in [0.1, 0.15) is 96.5 Å². The molecule has 2 aliphatic heterocycles. The van der Waals surface area contributed by atoms with Crippen molar-refractivity contribution in [2.75, 3.05) is 65.7 Å². The summed E-state index contributed by atoms with van der Waals surface area (Å²) in [6.07, 6.45) is 18.5. The molecule has 0 radical (unpaired) electrons. The monoisotopic (exact) mass is 610 g/mol. The van der Waals surface area contributed by atoms with Crippen LogP contribution in [-0.4, -0.2) is 81.6 Å².